The lowest BCUT2D eigenvalue weighted by Gasteiger charge is -2.37. The molecule has 0 amide bonds. The summed E-state index contributed by atoms with van der Waals surface area (Å²) in [5.74, 6) is 3.71. The van der Waals surface area contributed by atoms with Crippen LogP contribution in [0.3, 0.4) is 0 Å². The van der Waals surface area contributed by atoms with E-state index >= 15 is 0 Å². The van der Waals surface area contributed by atoms with Crippen LogP contribution in [-0.2, 0) is 18.3 Å². The second-order valence-electron chi connectivity index (χ2n) is 7.00. The molecule has 3 rings (SSSR count). The molecule has 0 aromatic carbocycles. The van der Waals surface area contributed by atoms with Crippen molar-refractivity contribution < 1.29 is 4.74 Å². The van der Waals surface area contributed by atoms with Crippen LogP contribution >= 0.6 is 24.0 Å². The lowest BCUT2D eigenvalue weighted by molar-refractivity contribution is 0.145. The van der Waals surface area contributed by atoms with Gasteiger partial charge in [0.05, 0.1) is 0 Å². The van der Waals surface area contributed by atoms with Crippen molar-refractivity contribution in [2.24, 2.45) is 12.0 Å². The molecule has 30 heavy (non-hydrogen) atoms. The van der Waals surface area contributed by atoms with Gasteiger partial charge in [-0.3, -0.25) is 0 Å². The van der Waals surface area contributed by atoms with E-state index < -0.39 is 0 Å². The lowest BCUT2D eigenvalue weighted by atomic mass is 10.3. The maximum atomic E-state index is 5.44. The molecule has 0 atom stereocenters. The molecule has 166 valence electrons. The fraction of sp³-hybridized carbons (Fsp3) is 0.600. The first-order valence-electron chi connectivity index (χ1n) is 10.3. The van der Waals surface area contributed by atoms with Gasteiger partial charge in [0.15, 0.2) is 11.8 Å². The third kappa shape index (κ3) is 6.79. The second-order valence-corrected chi connectivity index (χ2v) is 7.00. The molecule has 2 aromatic heterocycles. The fourth-order valence-corrected chi connectivity index (χ4v) is 3.21. The number of hydrogen-bond donors (Lipinski definition) is 1. The Balaban J connectivity index is 0.00000320. The Kier molecular flexibility index (Phi) is 10.3. The number of nitrogens with zero attached hydrogens (tertiary/aromatic N) is 7. The molecule has 1 aliphatic rings. The van der Waals surface area contributed by atoms with Crippen LogP contribution in [0.15, 0.2) is 29.4 Å². The van der Waals surface area contributed by atoms with E-state index in [0.29, 0.717) is 6.54 Å². The molecule has 0 radical (unpaired) electrons. The van der Waals surface area contributed by atoms with Gasteiger partial charge >= 0.3 is 0 Å². The molecular formula is C20H33IN8O. The van der Waals surface area contributed by atoms with Crippen LogP contribution in [-0.4, -0.2) is 76.5 Å². The zero-order valence-electron chi connectivity index (χ0n) is 18.1. The summed E-state index contributed by atoms with van der Waals surface area (Å²) >= 11 is 0. The van der Waals surface area contributed by atoms with Crippen LogP contribution in [0.1, 0.15) is 25.0 Å². The Labute approximate surface area is 195 Å². The van der Waals surface area contributed by atoms with E-state index in [1.54, 1.807) is 0 Å². The van der Waals surface area contributed by atoms with Gasteiger partial charge in [0.25, 0.3) is 0 Å². The maximum absolute atomic E-state index is 5.44. The Morgan fingerprint density at radius 1 is 1.20 bits per heavy atom. The molecule has 0 bridgehead atoms. The fourth-order valence-electron chi connectivity index (χ4n) is 3.21. The third-order valence-electron chi connectivity index (χ3n) is 5.06. The van der Waals surface area contributed by atoms with Crippen molar-refractivity contribution in [3.8, 4) is 0 Å². The van der Waals surface area contributed by atoms with Gasteiger partial charge in [-0.25, -0.2) is 9.98 Å². The summed E-state index contributed by atoms with van der Waals surface area (Å²) in [4.78, 5) is 13.9. The zero-order chi connectivity index (χ0) is 20.5. The quantitative estimate of drug-likeness (QED) is 0.242. The molecule has 9 nitrogen and oxygen atoms in total. The minimum Gasteiger partial charge on any atom is -0.382 e. The topological polar surface area (TPSA) is 83.7 Å². The number of aromatic nitrogens is 4. The molecule has 1 N–H and O–H groups in total. The number of hydrogen-bond acceptors (Lipinski definition) is 6. The van der Waals surface area contributed by atoms with Gasteiger partial charge in [-0.05, 0) is 32.4 Å². The first-order valence-corrected chi connectivity index (χ1v) is 10.3. The predicted octanol–water partition coefficient (Wildman–Crippen LogP) is 1.83. The lowest BCUT2D eigenvalue weighted by Crippen LogP contribution is -2.53. The Hall–Kier alpha value is -1.95. The van der Waals surface area contributed by atoms with Crippen molar-refractivity contribution in [1.82, 2.24) is 30.0 Å². The molecule has 1 fully saturated rings. The van der Waals surface area contributed by atoms with Crippen LogP contribution < -0.4 is 10.2 Å². The summed E-state index contributed by atoms with van der Waals surface area (Å²) in [7, 11) is 1.97. The SMILES string of the molecule is CCOCCCNC(=NCc1nnc(C)n1C)N1CCN(c2ccccn2)CC1.I. The Morgan fingerprint density at radius 2 is 2.00 bits per heavy atom. The molecule has 0 spiro atoms. The molecule has 1 saturated heterocycles. The zero-order valence-corrected chi connectivity index (χ0v) is 20.5. The van der Waals surface area contributed by atoms with Crippen LogP contribution in [0, 0.1) is 6.92 Å². The summed E-state index contributed by atoms with van der Waals surface area (Å²) < 4.78 is 7.42. The second kappa shape index (κ2) is 12.7. The maximum Gasteiger partial charge on any atom is 0.194 e. The summed E-state index contributed by atoms with van der Waals surface area (Å²) in [5, 5.41) is 11.9. The summed E-state index contributed by atoms with van der Waals surface area (Å²) in [6, 6.07) is 6.04. The number of nitrogens with one attached hydrogen (secondary N) is 1. The largest absolute Gasteiger partial charge is 0.382 e. The van der Waals surface area contributed by atoms with Crippen LogP contribution in [0.25, 0.3) is 0 Å². The van der Waals surface area contributed by atoms with Crippen molar-refractivity contribution in [3.63, 3.8) is 0 Å². The highest BCUT2D eigenvalue weighted by Crippen LogP contribution is 2.13. The molecule has 10 heteroatoms. The van der Waals surface area contributed by atoms with Crippen molar-refractivity contribution in [3.05, 3.63) is 36.0 Å². The number of piperazine rings is 1. The predicted molar refractivity (Wildman–Crippen MR) is 129 cm³/mol. The normalized spacial score (nSPS) is 14.6. The molecular weight excluding hydrogens is 495 g/mol. The minimum absolute atomic E-state index is 0. The first-order chi connectivity index (χ1) is 14.2. The third-order valence-corrected chi connectivity index (χ3v) is 5.06. The molecule has 0 aliphatic carbocycles. The van der Waals surface area contributed by atoms with E-state index in [9.17, 15) is 0 Å². The van der Waals surface area contributed by atoms with Gasteiger partial charge in [-0.1, -0.05) is 6.07 Å². The van der Waals surface area contributed by atoms with E-state index in [4.69, 9.17) is 9.73 Å². The highest BCUT2D eigenvalue weighted by molar-refractivity contribution is 14.0. The standard InChI is InChI=1S/C20H32N8O.HI/c1-4-29-15-7-10-22-20(23-16-19-25-24-17(2)26(19)3)28-13-11-27(12-14-28)18-8-5-6-9-21-18;/h5-6,8-9H,4,7,10-16H2,1-3H3,(H,22,23);1H. The molecule has 1 aliphatic heterocycles. The van der Waals surface area contributed by atoms with E-state index in [1.165, 1.54) is 0 Å². The highest BCUT2D eigenvalue weighted by Gasteiger charge is 2.20. The highest BCUT2D eigenvalue weighted by atomic mass is 127. The minimum atomic E-state index is 0. The summed E-state index contributed by atoms with van der Waals surface area (Å²) in [5.41, 5.74) is 0. The van der Waals surface area contributed by atoms with E-state index in [1.807, 2.05) is 43.8 Å². The first kappa shape index (κ1) is 24.3. The number of aliphatic imine (C=N–C) groups is 1. The number of halogens is 1. The summed E-state index contributed by atoms with van der Waals surface area (Å²) in [6.07, 6.45) is 2.79. The summed E-state index contributed by atoms with van der Waals surface area (Å²) in [6.45, 7) is 10.4. The number of aryl methyl sites for hydroxylation is 1. The van der Waals surface area contributed by atoms with Crippen molar-refractivity contribution in [1.29, 1.82) is 0 Å². The number of guanidine groups is 1. The molecule has 0 unspecified atom stereocenters. The number of rotatable bonds is 8. The Bertz CT molecular complexity index is 774. The molecule has 3 heterocycles. The number of anilines is 1. The number of ether oxygens (including phenoxy) is 1. The smallest absolute Gasteiger partial charge is 0.194 e. The van der Waals surface area contributed by atoms with Crippen LogP contribution in [0.5, 0.6) is 0 Å². The van der Waals surface area contributed by atoms with Gasteiger partial charge < -0.3 is 24.4 Å². The van der Waals surface area contributed by atoms with E-state index in [2.05, 4.69) is 36.4 Å². The van der Waals surface area contributed by atoms with E-state index in [-0.39, 0.29) is 24.0 Å². The van der Waals surface area contributed by atoms with Gasteiger partial charge in [0.1, 0.15) is 18.2 Å². The van der Waals surface area contributed by atoms with E-state index in [0.717, 1.165) is 75.8 Å². The van der Waals surface area contributed by atoms with Crippen molar-refractivity contribution in [2.45, 2.75) is 26.8 Å². The number of pyridine rings is 1. The van der Waals surface area contributed by atoms with Gasteiger partial charge in [-0.15, -0.1) is 34.2 Å². The van der Waals surface area contributed by atoms with Crippen LogP contribution in [0.2, 0.25) is 0 Å². The van der Waals surface area contributed by atoms with Gasteiger partial charge in [0, 0.05) is 59.2 Å². The average molecular weight is 528 g/mol. The van der Waals surface area contributed by atoms with Gasteiger partial charge in [0.2, 0.25) is 0 Å². The van der Waals surface area contributed by atoms with Gasteiger partial charge in [-0.2, -0.15) is 0 Å². The molecule has 0 saturated carbocycles. The average Bonchev–Trinajstić information content (AvgIpc) is 3.08. The van der Waals surface area contributed by atoms with Crippen molar-refractivity contribution >= 4 is 35.8 Å². The van der Waals surface area contributed by atoms with Crippen molar-refractivity contribution in [2.75, 3.05) is 50.8 Å². The monoisotopic (exact) mass is 528 g/mol. The molecule has 2 aromatic rings. The van der Waals surface area contributed by atoms with Crippen LogP contribution in [0.4, 0.5) is 5.82 Å². The Morgan fingerprint density at radius 3 is 2.63 bits per heavy atom.